The number of hydroxylamine groups is 2. The van der Waals surface area contributed by atoms with Crippen LogP contribution in [0.5, 0.6) is 0 Å². The normalized spacial score (nSPS) is 19.8. The first kappa shape index (κ1) is 27.7. The fourth-order valence-corrected chi connectivity index (χ4v) is 6.97. The number of carbonyl (C=O) groups excluding carboxylic acids is 1. The van der Waals surface area contributed by atoms with E-state index in [1.165, 1.54) is 34.0 Å². The lowest BCUT2D eigenvalue weighted by atomic mass is 9.90. The van der Waals surface area contributed by atoms with Gasteiger partial charge in [0, 0.05) is 74.4 Å². The number of aliphatic hydroxyl groups excluding tert-OH is 1. The van der Waals surface area contributed by atoms with Crippen molar-refractivity contribution in [2.75, 3.05) is 43.9 Å². The maximum Gasteiger partial charge on any atom is 0.274 e. The summed E-state index contributed by atoms with van der Waals surface area (Å²) in [5.41, 5.74) is 6.45. The number of allylic oxidation sites excluding steroid dienone is 2. The molecule has 9 nitrogen and oxygen atoms in total. The predicted octanol–water partition coefficient (Wildman–Crippen LogP) is 4.50. The van der Waals surface area contributed by atoms with E-state index in [0.29, 0.717) is 58.8 Å². The molecule has 5 heterocycles. The van der Waals surface area contributed by atoms with Crippen LogP contribution in [0, 0.1) is 11.2 Å². The van der Waals surface area contributed by atoms with Crippen molar-refractivity contribution in [3.05, 3.63) is 94.1 Å². The Hall–Kier alpha value is -4.15. The van der Waals surface area contributed by atoms with Crippen LogP contribution in [-0.2, 0) is 30.8 Å². The van der Waals surface area contributed by atoms with Crippen molar-refractivity contribution in [3.63, 3.8) is 0 Å². The van der Waals surface area contributed by atoms with Gasteiger partial charge in [0.25, 0.3) is 5.91 Å². The van der Waals surface area contributed by atoms with Crippen molar-refractivity contribution in [1.29, 1.82) is 0 Å². The number of aliphatic hydroxyl groups is 1. The summed E-state index contributed by atoms with van der Waals surface area (Å²) in [4.78, 5) is 28.1. The molecule has 0 spiro atoms. The summed E-state index contributed by atoms with van der Waals surface area (Å²) < 4.78 is 17.4. The maximum absolute atomic E-state index is 15.3. The molecule has 224 valence electrons. The number of nitrogens with one attached hydrogen (secondary N) is 1. The first-order valence-electron chi connectivity index (χ1n) is 14.8. The predicted molar refractivity (Wildman–Crippen MR) is 163 cm³/mol. The van der Waals surface area contributed by atoms with Crippen molar-refractivity contribution in [2.45, 2.75) is 45.8 Å². The largest absolute Gasteiger partial charge is 0.392 e. The van der Waals surface area contributed by atoms with Gasteiger partial charge in [0.1, 0.15) is 17.3 Å². The second kappa shape index (κ2) is 10.2. The Labute approximate surface area is 250 Å². The number of rotatable bonds is 6. The zero-order valence-corrected chi connectivity index (χ0v) is 25.0. The fraction of sp³-hybridized carbons (Fsp3) is 0.394. The molecule has 0 atom stereocenters. The van der Waals surface area contributed by atoms with Crippen molar-refractivity contribution in [2.24, 2.45) is 5.41 Å². The third kappa shape index (κ3) is 4.98. The second-order valence-electron chi connectivity index (χ2n) is 13.0. The van der Waals surface area contributed by atoms with Crippen molar-refractivity contribution >= 4 is 23.0 Å². The van der Waals surface area contributed by atoms with Gasteiger partial charge in [-0.15, -0.1) is 0 Å². The van der Waals surface area contributed by atoms with Gasteiger partial charge in [0.2, 0.25) is 5.88 Å². The SMILES string of the molecule is CN1CC(c2ccc(NC3=CC(c4cc(F)cc(N5CCn6c(cc7c6CC(C)(C)C7)C5=O)c4CO)=CN(C)O3)nc2)C1. The quantitative estimate of drug-likeness (QED) is 0.441. The first-order valence-corrected chi connectivity index (χ1v) is 14.8. The van der Waals surface area contributed by atoms with Crippen LogP contribution in [0.25, 0.3) is 5.57 Å². The minimum absolute atomic E-state index is 0.177. The van der Waals surface area contributed by atoms with E-state index in [4.69, 9.17) is 4.84 Å². The van der Waals surface area contributed by atoms with Crippen LogP contribution in [-0.4, -0.2) is 64.3 Å². The lowest BCUT2D eigenvalue weighted by Crippen LogP contribution is -2.41. The number of pyridine rings is 1. The number of benzene rings is 1. The Balaban J connectivity index is 1.17. The lowest BCUT2D eigenvalue weighted by Gasteiger charge is -2.36. The number of likely N-dealkylation sites (tertiary alicyclic amines) is 1. The van der Waals surface area contributed by atoms with Gasteiger partial charge in [0.05, 0.1) is 12.3 Å². The number of aromatic nitrogens is 2. The number of hydrogen-bond donors (Lipinski definition) is 2. The fourth-order valence-electron chi connectivity index (χ4n) is 6.97. The highest BCUT2D eigenvalue weighted by Crippen LogP contribution is 2.40. The summed E-state index contributed by atoms with van der Waals surface area (Å²) in [5.74, 6) is 0.862. The second-order valence-corrected chi connectivity index (χ2v) is 13.0. The van der Waals surface area contributed by atoms with E-state index in [9.17, 15) is 9.90 Å². The van der Waals surface area contributed by atoms with E-state index in [1.807, 2.05) is 18.3 Å². The van der Waals surface area contributed by atoms with E-state index in [0.717, 1.165) is 25.9 Å². The summed E-state index contributed by atoms with van der Waals surface area (Å²) >= 11 is 0. The van der Waals surface area contributed by atoms with Crippen molar-refractivity contribution in [3.8, 4) is 0 Å². The highest BCUT2D eigenvalue weighted by atomic mass is 19.1. The number of halogens is 1. The minimum Gasteiger partial charge on any atom is -0.392 e. The highest BCUT2D eigenvalue weighted by molar-refractivity contribution is 6.07. The van der Waals surface area contributed by atoms with E-state index in [1.54, 1.807) is 24.2 Å². The summed E-state index contributed by atoms with van der Waals surface area (Å²) in [5, 5.41) is 15.3. The van der Waals surface area contributed by atoms with Gasteiger partial charge in [-0.25, -0.2) is 14.4 Å². The molecule has 1 aliphatic carbocycles. The van der Waals surface area contributed by atoms with Crippen LogP contribution in [0.3, 0.4) is 0 Å². The average Bonchev–Trinajstić information content (AvgIpc) is 3.43. The lowest BCUT2D eigenvalue weighted by molar-refractivity contribution is -0.0515. The summed E-state index contributed by atoms with van der Waals surface area (Å²) in [6, 6.07) is 8.73. The Morgan fingerprint density at radius 1 is 1.14 bits per heavy atom. The van der Waals surface area contributed by atoms with E-state index in [2.05, 4.69) is 46.7 Å². The Kier molecular flexibility index (Phi) is 6.59. The van der Waals surface area contributed by atoms with E-state index in [-0.39, 0.29) is 17.9 Å². The molecule has 0 radical (unpaired) electrons. The number of amides is 1. The number of likely N-dealkylation sites (N-methyl/N-ethyl adjacent to an activating group) is 1. The van der Waals surface area contributed by atoms with Gasteiger partial charge in [-0.1, -0.05) is 19.9 Å². The molecule has 1 saturated heterocycles. The summed E-state index contributed by atoms with van der Waals surface area (Å²) in [6.07, 6.45) is 7.23. The Morgan fingerprint density at radius 2 is 1.95 bits per heavy atom. The third-order valence-electron chi connectivity index (χ3n) is 9.00. The summed E-state index contributed by atoms with van der Waals surface area (Å²) in [6.45, 7) is 7.21. The molecule has 0 saturated carbocycles. The molecule has 1 fully saturated rings. The Morgan fingerprint density at radius 3 is 2.67 bits per heavy atom. The molecule has 4 aliphatic rings. The molecule has 0 bridgehead atoms. The molecular weight excluding hydrogens is 547 g/mol. The summed E-state index contributed by atoms with van der Waals surface area (Å²) in [7, 11) is 3.84. The zero-order valence-electron chi connectivity index (χ0n) is 25.0. The molecule has 10 heteroatoms. The molecule has 0 unspecified atom stereocenters. The molecule has 1 amide bonds. The zero-order chi connectivity index (χ0) is 30.0. The van der Waals surface area contributed by atoms with E-state index >= 15 is 4.39 Å². The highest BCUT2D eigenvalue weighted by Gasteiger charge is 2.37. The number of nitrogens with zero attached hydrogens (tertiary/aromatic N) is 5. The molecule has 43 heavy (non-hydrogen) atoms. The number of carbonyl (C=O) groups is 1. The van der Waals surface area contributed by atoms with Gasteiger partial charge in [-0.05, 0) is 66.3 Å². The average molecular weight is 585 g/mol. The van der Waals surface area contributed by atoms with Gasteiger partial charge in [-0.2, -0.15) is 0 Å². The molecule has 2 N–H and O–H groups in total. The molecule has 2 aromatic heterocycles. The first-order chi connectivity index (χ1) is 20.6. The topological polar surface area (TPSA) is 86.1 Å². The van der Waals surface area contributed by atoms with Crippen LogP contribution in [0.4, 0.5) is 15.9 Å². The third-order valence-corrected chi connectivity index (χ3v) is 9.00. The van der Waals surface area contributed by atoms with Crippen molar-refractivity contribution < 1.29 is 19.1 Å². The Bertz CT molecular complexity index is 1670. The van der Waals surface area contributed by atoms with E-state index < -0.39 is 5.82 Å². The van der Waals surface area contributed by atoms with Crippen molar-refractivity contribution in [1.82, 2.24) is 19.5 Å². The van der Waals surface area contributed by atoms with Crippen LogP contribution in [0.1, 0.15) is 58.2 Å². The molecule has 3 aromatic rings. The van der Waals surface area contributed by atoms with Crippen LogP contribution in [0.15, 0.2) is 54.7 Å². The van der Waals surface area contributed by atoms with Crippen LogP contribution < -0.4 is 10.2 Å². The standard InChI is InChI=1S/C33H37FN6O3/c1-33(2)13-21-9-28-32(42)40(8-7-39(28)29(21)14-33)27-12-24(34)11-25(26(27)19-41)22-10-31(43-38(4)18-22)36-30-6-5-20(15-35-30)23-16-37(3)17-23/h5-6,9-12,15,18,23,41H,7-8,13-14,16-17,19H2,1-4H3,(H,35,36). The number of hydrogen-bond acceptors (Lipinski definition) is 7. The molecule has 3 aliphatic heterocycles. The maximum atomic E-state index is 15.3. The molecular formula is C33H37FN6O3. The molecule has 7 rings (SSSR count). The molecule has 1 aromatic carbocycles. The van der Waals surface area contributed by atoms with Gasteiger partial charge >= 0.3 is 0 Å². The monoisotopic (exact) mass is 584 g/mol. The number of anilines is 2. The van der Waals surface area contributed by atoms with Crippen LogP contribution >= 0.6 is 0 Å². The number of fused-ring (bicyclic) bond motifs is 3. The van der Waals surface area contributed by atoms with Gasteiger partial charge < -0.3 is 29.6 Å². The van der Waals surface area contributed by atoms with Crippen LogP contribution in [0.2, 0.25) is 0 Å². The van der Waals surface area contributed by atoms with Gasteiger partial charge in [0.15, 0.2) is 0 Å². The smallest absolute Gasteiger partial charge is 0.274 e. The minimum atomic E-state index is -0.489. The van der Waals surface area contributed by atoms with Gasteiger partial charge in [-0.3, -0.25) is 4.79 Å².